The van der Waals surface area contributed by atoms with Crippen LogP contribution in [0, 0.1) is 6.08 Å². The van der Waals surface area contributed by atoms with Gasteiger partial charge < -0.3 is 0 Å². The largest absolute Gasteiger partial charge is 0.241 e. The molecule has 0 aromatic carbocycles. The van der Waals surface area contributed by atoms with Crippen LogP contribution in [0.2, 0.25) is 0 Å². The first kappa shape index (κ1) is 7.66. The van der Waals surface area contributed by atoms with Crippen molar-refractivity contribution in [3.8, 4) is 0 Å². The molecule has 0 aromatic heterocycles. The maximum atomic E-state index is 12.5. The Kier molecular flexibility index (Phi) is 1.77. The smallest absolute Gasteiger partial charge is 0.218 e. The predicted octanol–water partition coefficient (Wildman–Crippen LogP) is 2.80. The second-order valence-electron chi connectivity index (χ2n) is 1.89. The highest BCUT2D eigenvalue weighted by Gasteiger charge is 2.36. The van der Waals surface area contributed by atoms with E-state index in [1.165, 1.54) is 0 Å². The first-order chi connectivity index (χ1) is 4.54. The third-order valence-electron chi connectivity index (χ3n) is 1.08. The van der Waals surface area contributed by atoms with E-state index < -0.39 is 23.2 Å². The van der Waals surface area contributed by atoms with Crippen LogP contribution in [0.25, 0.3) is 0 Å². The standard InChI is InChI=1S/C6H3ClF3/c7-6(10)3-1-2-4(8)5(6)9/h2H,3H2. The van der Waals surface area contributed by atoms with Gasteiger partial charge in [0.2, 0.25) is 5.13 Å². The molecule has 0 spiro atoms. The molecular formula is C6H3ClF3. The number of hydrogen-bond donors (Lipinski definition) is 0. The molecule has 10 heavy (non-hydrogen) atoms. The first-order valence-corrected chi connectivity index (χ1v) is 2.92. The molecule has 0 amide bonds. The van der Waals surface area contributed by atoms with Crippen LogP contribution in [0.3, 0.4) is 0 Å². The Morgan fingerprint density at radius 1 is 1.60 bits per heavy atom. The van der Waals surface area contributed by atoms with Crippen LogP contribution >= 0.6 is 11.6 Å². The molecule has 0 saturated heterocycles. The summed E-state index contributed by atoms with van der Waals surface area (Å²) < 4.78 is 36.9. The van der Waals surface area contributed by atoms with Gasteiger partial charge in [-0.25, -0.2) is 13.2 Å². The minimum atomic E-state index is -2.72. The maximum Gasteiger partial charge on any atom is 0.241 e. The van der Waals surface area contributed by atoms with Gasteiger partial charge in [0.05, 0.1) is 0 Å². The molecule has 0 bridgehead atoms. The van der Waals surface area contributed by atoms with Gasteiger partial charge in [0.25, 0.3) is 0 Å². The average Bonchev–Trinajstić information content (AvgIpc) is 1.83. The second-order valence-corrected chi connectivity index (χ2v) is 2.49. The summed E-state index contributed by atoms with van der Waals surface area (Å²) in [4.78, 5) is 0. The topological polar surface area (TPSA) is 0 Å². The van der Waals surface area contributed by atoms with Gasteiger partial charge in [-0.1, -0.05) is 11.6 Å². The molecule has 1 radical (unpaired) electrons. The van der Waals surface area contributed by atoms with Crippen LogP contribution in [0.5, 0.6) is 0 Å². The van der Waals surface area contributed by atoms with Crippen molar-refractivity contribution in [3.05, 3.63) is 23.8 Å². The number of hydrogen-bond acceptors (Lipinski definition) is 0. The Balaban J connectivity index is 2.99. The van der Waals surface area contributed by atoms with E-state index in [1.807, 2.05) is 0 Å². The second kappa shape index (κ2) is 2.31. The summed E-state index contributed by atoms with van der Waals surface area (Å²) in [5.74, 6) is -2.85. The van der Waals surface area contributed by atoms with Crippen molar-refractivity contribution in [2.24, 2.45) is 0 Å². The normalized spacial score (nSPS) is 33.2. The molecule has 1 atom stereocenters. The van der Waals surface area contributed by atoms with Gasteiger partial charge in [-0.15, -0.1) is 0 Å². The monoisotopic (exact) mass is 167 g/mol. The molecule has 0 nitrogen and oxygen atoms in total. The molecule has 0 saturated carbocycles. The minimum Gasteiger partial charge on any atom is -0.218 e. The molecule has 0 heterocycles. The van der Waals surface area contributed by atoms with Crippen molar-refractivity contribution >= 4 is 11.6 Å². The van der Waals surface area contributed by atoms with Gasteiger partial charge >= 0.3 is 0 Å². The molecule has 1 unspecified atom stereocenters. The van der Waals surface area contributed by atoms with Gasteiger partial charge in [0.1, 0.15) is 0 Å². The summed E-state index contributed by atoms with van der Waals surface area (Å²) in [6.45, 7) is 0. The number of rotatable bonds is 0. The maximum absolute atomic E-state index is 12.5. The lowest BCUT2D eigenvalue weighted by atomic mass is 10.1. The molecule has 1 aliphatic carbocycles. The highest BCUT2D eigenvalue weighted by Crippen LogP contribution is 2.37. The Morgan fingerprint density at radius 3 is 2.60 bits per heavy atom. The summed E-state index contributed by atoms with van der Waals surface area (Å²) in [7, 11) is 0. The fourth-order valence-corrected chi connectivity index (χ4v) is 0.752. The average molecular weight is 168 g/mol. The van der Waals surface area contributed by atoms with Crippen LogP contribution in [-0.2, 0) is 0 Å². The van der Waals surface area contributed by atoms with Crippen LogP contribution in [0.4, 0.5) is 13.2 Å². The van der Waals surface area contributed by atoms with Gasteiger partial charge in [-0.2, -0.15) is 0 Å². The van der Waals surface area contributed by atoms with Crippen molar-refractivity contribution in [1.29, 1.82) is 0 Å². The van der Waals surface area contributed by atoms with Crippen LogP contribution < -0.4 is 0 Å². The van der Waals surface area contributed by atoms with Crippen molar-refractivity contribution in [2.45, 2.75) is 11.5 Å². The SMILES string of the molecule is FC1=C(F)C(F)(Cl)C[C]=C1. The molecular weight excluding hydrogens is 165 g/mol. The third kappa shape index (κ3) is 1.19. The molecule has 0 fully saturated rings. The van der Waals surface area contributed by atoms with Crippen molar-refractivity contribution in [3.63, 3.8) is 0 Å². The quantitative estimate of drug-likeness (QED) is 0.487. The molecule has 0 aliphatic heterocycles. The minimum absolute atomic E-state index is 0.451. The highest BCUT2D eigenvalue weighted by atomic mass is 35.5. The van der Waals surface area contributed by atoms with E-state index in [-0.39, 0.29) is 0 Å². The molecule has 55 valence electrons. The Morgan fingerprint density at radius 2 is 2.20 bits per heavy atom. The van der Waals surface area contributed by atoms with Crippen LogP contribution in [0.1, 0.15) is 6.42 Å². The number of alkyl halides is 2. The van der Waals surface area contributed by atoms with Gasteiger partial charge in [-0.05, 0) is 12.2 Å². The Bertz CT molecular complexity index is 205. The molecule has 1 aliphatic rings. The van der Waals surface area contributed by atoms with E-state index in [2.05, 4.69) is 6.08 Å². The van der Waals surface area contributed by atoms with Gasteiger partial charge in [-0.3, -0.25) is 0 Å². The van der Waals surface area contributed by atoms with E-state index in [0.29, 0.717) is 0 Å². The molecule has 0 N–H and O–H groups in total. The number of halogens is 4. The lowest BCUT2D eigenvalue weighted by Gasteiger charge is -2.15. The lowest BCUT2D eigenvalue weighted by Crippen LogP contribution is -2.17. The molecule has 1 rings (SSSR count). The van der Waals surface area contributed by atoms with Gasteiger partial charge in [0.15, 0.2) is 11.7 Å². The highest BCUT2D eigenvalue weighted by molar-refractivity contribution is 6.24. The van der Waals surface area contributed by atoms with E-state index in [0.717, 1.165) is 6.08 Å². The molecule has 0 aromatic rings. The summed E-state index contributed by atoms with van der Waals surface area (Å²) in [6.07, 6.45) is 2.43. The summed E-state index contributed by atoms with van der Waals surface area (Å²) >= 11 is 4.90. The number of allylic oxidation sites excluding steroid dienone is 4. The lowest BCUT2D eigenvalue weighted by molar-refractivity contribution is 0.262. The zero-order valence-corrected chi connectivity index (χ0v) is 5.55. The molecule has 4 heteroatoms. The van der Waals surface area contributed by atoms with E-state index in [4.69, 9.17) is 11.6 Å². The zero-order chi connectivity index (χ0) is 7.78. The van der Waals surface area contributed by atoms with E-state index >= 15 is 0 Å². The van der Waals surface area contributed by atoms with Crippen LogP contribution in [0.15, 0.2) is 17.7 Å². The Labute approximate surface area is 61.0 Å². The van der Waals surface area contributed by atoms with Crippen molar-refractivity contribution in [1.82, 2.24) is 0 Å². The van der Waals surface area contributed by atoms with Crippen molar-refractivity contribution in [2.75, 3.05) is 0 Å². The van der Waals surface area contributed by atoms with Crippen LogP contribution in [-0.4, -0.2) is 5.13 Å². The van der Waals surface area contributed by atoms with E-state index in [1.54, 1.807) is 0 Å². The third-order valence-corrected chi connectivity index (χ3v) is 1.38. The van der Waals surface area contributed by atoms with Crippen molar-refractivity contribution < 1.29 is 13.2 Å². The first-order valence-electron chi connectivity index (χ1n) is 2.54. The van der Waals surface area contributed by atoms with Gasteiger partial charge in [0, 0.05) is 6.42 Å². The van der Waals surface area contributed by atoms with E-state index in [9.17, 15) is 13.2 Å². The Hall–Kier alpha value is -0.440. The zero-order valence-electron chi connectivity index (χ0n) is 4.80. The predicted molar refractivity (Wildman–Crippen MR) is 31.4 cm³/mol. The fourth-order valence-electron chi connectivity index (χ4n) is 0.584. The fraction of sp³-hybridized carbons (Fsp3) is 0.333. The summed E-state index contributed by atoms with van der Waals surface area (Å²) in [5.41, 5.74) is 0. The summed E-state index contributed by atoms with van der Waals surface area (Å²) in [6, 6.07) is 0. The summed E-state index contributed by atoms with van der Waals surface area (Å²) in [5, 5.41) is -2.72.